The van der Waals surface area contributed by atoms with Gasteiger partial charge < -0.3 is 4.74 Å². The number of methoxy groups -OCH3 is 1. The molecule has 1 aromatic rings. The molecule has 5 heteroatoms. The van der Waals surface area contributed by atoms with Crippen LogP contribution in [0.4, 0.5) is 16.2 Å². The van der Waals surface area contributed by atoms with Gasteiger partial charge in [0.25, 0.3) is 0 Å². The summed E-state index contributed by atoms with van der Waals surface area (Å²) in [6, 6.07) is 3.48. The van der Waals surface area contributed by atoms with Crippen LogP contribution in [0.3, 0.4) is 0 Å². The van der Waals surface area contributed by atoms with Gasteiger partial charge in [0.05, 0.1) is 7.11 Å². The van der Waals surface area contributed by atoms with Gasteiger partial charge in [-0.15, -0.1) is 6.58 Å². The molecule has 0 N–H and O–H groups in total. The predicted molar refractivity (Wildman–Crippen MR) is 70.6 cm³/mol. The molecule has 0 aromatic heterocycles. The molecule has 0 heterocycles. The molecule has 0 aliphatic rings. The van der Waals surface area contributed by atoms with Gasteiger partial charge in [0, 0.05) is 12.6 Å². The van der Waals surface area contributed by atoms with E-state index in [-0.39, 0.29) is 6.54 Å². The van der Waals surface area contributed by atoms with E-state index in [1.54, 1.807) is 12.1 Å². The minimum atomic E-state index is -0.520. The van der Waals surface area contributed by atoms with Crippen LogP contribution in [0.25, 0.3) is 4.98 Å². The van der Waals surface area contributed by atoms with Crippen LogP contribution in [-0.2, 0) is 4.74 Å². The number of amides is 1. The Morgan fingerprint density at radius 3 is 2.72 bits per heavy atom. The van der Waals surface area contributed by atoms with Gasteiger partial charge in [-0.25, -0.2) is 4.79 Å². The summed E-state index contributed by atoms with van der Waals surface area (Å²) in [6.45, 7) is 7.66. The van der Waals surface area contributed by atoms with Crippen LogP contribution < -0.4 is 4.90 Å². The van der Waals surface area contributed by atoms with Crippen molar-refractivity contribution < 1.29 is 9.53 Å². The number of ether oxygens (including phenoxy) is 1. The first-order chi connectivity index (χ1) is 8.56. The third-order valence-electron chi connectivity index (χ3n) is 2.76. The molecule has 0 unspecified atom stereocenters. The summed E-state index contributed by atoms with van der Waals surface area (Å²) in [5.41, 5.74) is 2.71. The van der Waals surface area contributed by atoms with Crippen molar-refractivity contribution in [1.82, 2.24) is 0 Å². The lowest BCUT2D eigenvalue weighted by atomic mass is 10.1. The lowest BCUT2D eigenvalue weighted by Crippen LogP contribution is -2.31. The maximum atomic E-state index is 11.8. The number of hydrogen-bond donors (Lipinski definition) is 0. The van der Waals surface area contributed by atoms with E-state index >= 15 is 0 Å². The van der Waals surface area contributed by atoms with Crippen LogP contribution in [0.15, 0.2) is 24.8 Å². The van der Waals surface area contributed by atoms with Crippen LogP contribution in [0, 0.1) is 19.2 Å². The monoisotopic (exact) mass is 246 g/mol. The molecule has 0 fully saturated rings. The average Bonchev–Trinajstić information content (AvgIpc) is 2.38. The maximum absolute atomic E-state index is 11.8. The van der Waals surface area contributed by atoms with Crippen LogP contribution in [0.5, 0.6) is 0 Å². The summed E-state index contributed by atoms with van der Waals surface area (Å²) >= 11 is 0. The number of anilines is 1. The molecule has 0 spiro atoms. The fraction of sp³-hybridized carbons (Fsp3) is 0.308. The molecule has 0 aliphatic heterocycles. The molecule has 5 nitrogen and oxygen atoms in total. The number of carbonyl (C=O) groups is 1. The fourth-order valence-corrected chi connectivity index (χ4v) is 1.70. The Bertz CT molecular complexity index is 518. The lowest BCUT2D eigenvalue weighted by Gasteiger charge is -2.20. The van der Waals surface area contributed by atoms with Crippen LogP contribution in [0.1, 0.15) is 11.1 Å². The normalized spacial score (nSPS) is 9.44. The quantitative estimate of drug-likeness (QED) is 0.605. The first-order valence-electron chi connectivity index (χ1n) is 5.48. The molecular weight excluding hydrogens is 230 g/mol. The summed E-state index contributed by atoms with van der Waals surface area (Å²) in [5.74, 6) is 0. The van der Waals surface area contributed by atoms with E-state index in [9.17, 15) is 4.79 Å². The van der Waals surface area contributed by atoms with Gasteiger partial charge in [-0.2, -0.15) is 0 Å². The topological polar surface area (TPSA) is 57.7 Å². The van der Waals surface area contributed by atoms with E-state index in [1.807, 2.05) is 19.9 Å². The highest BCUT2D eigenvalue weighted by Gasteiger charge is 2.27. The summed E-state index contributed by atoms with van der Waals surface area (Å²) in [7, 11) is 1.30. The van der Waals surface area contributed by atoms with Crippen LogP contribution in [-0.4, -0.2) is 19.7 Å². The Labute approximate surface area is 106 Å². The highest BCUT2D eigenvalue weighted by Crippen LogP contribution is 2.34. The van der Waals surface area contributed by atoms with Crippen molar-refractivity contribution in [3.63, 3.8) is 0 Å². The summed E-state index contributed by atoms with van der Waals surface area (Å²) < 4.78 is 4.73. The smallest absolute Gasteiger partial charge is 0.414 e. The second-order valence-electron chi connectivity index (χ2n) is 3.84. The second-order valence-corrected chi connectivity index (χ2v) is 3.84. The Hall–Kier alpha value is -2.35. The Morgan fingerprint density at radius 1 is 1.56 bits per heavy atom. The van der Waals surface area contributed by atoms with E-state index in [1.165, 1.54) is 12.0 Å². The number of rotatable bonds is 3. The zero-order valence-electron chi connectivity index (χ0n) is 10.8. The zero-order chi connectivity index (χ0) is 13.7. The van der Waals surface area contributed by atoms with Crippen molar-refractivity contribution in [1.29, 1.82) is 5.39 Å². The summed E-state index contributed by atoms with van der Waals surface area (Å²) in [4.78, 5) is 16.4. The molecule has 0 saturated heterocycles. The summed E-state index contributed by atoms with van der Waals surface area (Å²) in [6.07, 6.45) is 1.06. The predicted octanol–water partition coefficient (Wildman–Crippen LogP) is 3.55. The molecule has 0 bridgehead atoms. The van der Waals surface area contributed by atoms with Crippen LogP contribution >= 0.6 is 0 Å². The van der Waals surface area contributed by atoms with Gasteiger partial charge in [-0.3, -0.25) is 4.90 Å². The Balaban J connectivity index is 3.44. The van der Waals surface area contributed by atoms with E-state index in [4.69, 9.17) is 10.1 Å². The minimum Gasteiger partial charge on any atom is -0.452 e. The van der Waals surface area contributed by atoms with Crippen molar-refractivity contribution in [2.75, 3.05) is 18.6 Å². The minimum absolute atomic E-state index is 0.277. The Morgan fingerprint density at radius 2 is 2.22 bits per heavy atom. The van der Waals surface area contributed by atoms with E-state index in [2.05, 4.69) is 11.6 Å². The van der Waals surface area contributed by atoms with Crippen molar-refractivity contribution in [2.45, 2.75) is 13.8 Å². The Kier molecular flexibility index (Phi) is 4.44. The number of nitrogens with zero attached hydrogens (tertiary/aromatic N) is 3. The van der Waals surface area contributed by atoms with Gasteiger partial charge in [0.1, 0.15) is 5.69 Å². The maximum Gasteiger partial charge on any atom is 0.414 e. The first kappa shape index (κ1) is 13.7. The largest absolute Gasteiger partial charge is 0.452 e. The standard InChI is InChI=1S/C13H16N3O2/c1-5-8-16(13(17)18-4)12-10(3)9(2)6-7-11(12)15-14/h5-7H,1,8H2,2-4H3/q+1. The SMILES string of the molecule is C=CCN(C(=O)OC)c1c([N+]#N)ccc(C)c1C. The van der Waals surface area contributed by atoms with Gasteiger partial charge in [0.2, 0.25) is 5.39 Å². The molecule has 0 aliphatic carbocycles. The molecule has 94 valence electrons. The van der Waals surface area contributed by atoms with Crippen molar-refractivity contribution in [3.8, 4) is 0 Å². The van der Waals surface area contributed by atoms with Crippen molar-refractivity contribution in [2.24, 2.45) is 0 Å². The highest BCUT2D eigenvalue weighted by molar-refractivity contribution is 5.94. The van der Waals surface area contributed by atoms with Crippen LogP contribution in [0.2, 0.25) is 0 Å². The highest BCUT2D eigenvalue weighted by atomic mass is 16.5. The molecule has 0 saturated carbocycles. The molecule has 18 heavy (non-hydrogen) atoms. The molecule has 1 rings (SSSR count). The molecular formula is C13H16N3O2+. The number of benzene rings is 1. The third-order valence-corrected chi connectivity index (χ3v) is 2.76. The number of aryl methyl sites for hydroxylation is 1. The molecule has 1 amide bonds. The first-order valence-corrected chi connectivity index (χ1v) is 5.48. The fourth-order valence-electron chi connectivity index (χ4n) is 1.70. The van der Waals surface area contributed by atoms with Gasteiger partial charge >= 0.3 is 11.8 Å². The van der Waals surface area contributed by atoms with E-state index in [0.29, 0.717) is 11.4 Å². The van der Waals surface area contributed by atoms with Crippen molar-refractivity contribution >= 4 is 17.5 Å². The molecule has 0 atom stereocenters. The summed E-state index contributed by atoms with van der Waals surface area (Å²) in [5, 5.41) is 9.03. The van der Waals surface area contributed by atoms with Gasteiger partial charge in [-0.1, -0.05) is 12.1 Å². The third kappa shape index (κ3) is 2.48. The van der Waals surface area contributed by atoms with Gasteiger partial charge in [-0.05, 0) is 25.0 Å². The van der Waals surface area contributed by atoms with Crippen molar-refractivity contribution in [3.05, 3.63) is 40.9 Å². The van der Waals surface area contributed by atoms with E-state index < -0.39 is 6.09 Å². The molecule has 0 radical (unpaired) electrons. The zero-order valence-corrected chi connectivity index (χ0v) is 10.8. The second kappa shape index (κ2) is 5.82. The molecule has 1 aromatic carbocycles. The number of hydrogen-bond acceptors (Lipinski definition) is 3. The van der Waals surface area contributed by atoms with E-state index in [0.717, 1.165) is 11.1 Å². The number of diazo groups is 1. The average molecular weight is 246 g/mol. The number of carbonyl (C=O) groups excluding carboxylic acids is 1. The lowest BCUT2D eigenvalue weighted by molar-refractivity contribution is 0.179. The van der Waals surface area contributed by atoms with Gasteiger partial charge in [0.15, 0.2) is 4.98 Å².